The minimum atomic E-state index is -0.488. The number of aldehydes is 1. The number of carbonyl (C=O) groups is 1. The number of hydrogen-bond donors (Lipinski definition) is 1. The lowest BCUT2D eigenvalue weighted by Crippen LogP contribution is -2.26. The molecule has 0 bridgehead atoms. The molecule has 3 rings (SSSR count). The molecule has 1 aromatic carbocycles. The second-order valence-corrected chi connectivity index (χ2v) is 6.21. The van der Waals surface area contributed by atoms with Gasteiger partial charge in [0.05, 0.1) is 15.1 Å². The van der Waals surface area contributed by atoms with Crippen molar-refractivity contribution in [2.75, 3.05) is 13.1 Å². The summed E-state index contributed by atoms with van der Waals surface area (Å²) in [6.07, 6.45) is 6.56. The molecule has 0 amide bonds. The molecule has 0 radical (unpaired) electrons. The lowest BCUT2D eigenvalue weighted by atomic mass is 9.95. The fraction of sp³-hybridized carbons (Fsp3) is 0.375. The van der Waals surface area contributed by atoms with Gasteiger partial charge in [-0.15, -0.1) is 0 Å². The standard InChI is InChI=1S/C8H6BrNO3.C8H12N2O/c9-7-2-1-6(3-4-11)5-8(7)10(12)13;1-3-9-4-2-7(1)8-5-11-6-10-8/h1-2,4-5H,3H2;5-7,9H,1-4H2. The highest BCUT2D eigenvalue weighted by Crippen LogP contribution is 2.25. The van der Waals surface area contributed by atoms with Gasteiger partial charge in [-0.2, -0.15) is 0 Å². The van der Waals surface area contributed by atoms with E-state index in [-0.39, 0.29) is 12.1 Å². The number of rotatable bonds is 4. The van der Waals surface area contributed by atoms with E-state index >= 15 is 0 Å². The Bertz CT molecular complexity index is 670. The first kappa shape index (κ1) is 18.3. The Morgan fingerprint density at radius 1 is 1.42 bits per heavy atom. The van der Waals surface area contributed by atoms with Crippen molar-refractivity contribution in [2.24, 2.45) is 0 Å². The topological polar surface area (TPSA) is 98.3 Å². The predicted octanol–water partition coefficient (Wildman–Crippen LogP) is 3.24. The molecule has 8 heteroatoms. The average molecular weight is 396 g/mol. The molecule has 1 saturated heterocycles. The summed E-state index contributed by atoms with van der Waals surface area (Å²) in [5, 5.41) is 13.8. The van der Waals surface area contributed by atoms with Crippen molar-refractivity contribution < 1.29 is 14.1 Å². The van der Waals surface area contributed by atoms with Gasteiger partial charge in [0, 0.05) is 18.4 Å². The molecule has 2 heterocycles. The van der Waals surface area contributed by atoms with Crippen LogP contribution < -0.4 is 5.32 Å². The number of nitrogens with zero attached hydrogens (tertiary/aromatic N) is 2. The van der Waals surface area contributed by atoms with Gasteiger partial charge in [-0.3, -0.25) is 10.1 Å². The first-order valence-corrected chi connectivity index (χ1v) is 8.36. The third kappa shape index (κ3) is 5.24. The summed E-state index contributed by atoms with van der Waals surface area (Å²) in [5.41, 5.74) is 1.75. The van der Waals surface area contributed by atoms with Crippen LogP contribution in [0.4, 0.5) is 5.69 Å². The molecule has 1 aliphatic rings. The number of carbonyl (C=O) groups excluding carboxylic acids is 1. The van der Waals surface area contributed by atoms with Crippen LogP contribution in [0.2, 0.25) is 0 Å². The van der Waals surface area contributed by atoms with E-state index in [2.05, 4.69) is 26.2 Å². The van der Waals surface area contributed by atoms with Gasteiger partial charge in [0.2, 0.25) is 0 Å². The normalized spacial score (nSPS) is 14.5. The largest absolute Gasteiger partial charge is 0.451 e. The maximum atomic E-state index is 10.5. The Labute approximate surface area is 147 Å². The highest BCUT2D eigenvalue weighted by molar-refractivity contribution is 9.10. The molecule has 1 aromatic heterocycles. The van der Waals surface area contributed by atoms with Crippen LogP contribution in [-0.4, -0.2) is 29.3 Å². The van der Waals surface area contributed by atoms with Crippen LogP contribution in [0.3, 0.4) is 0 Å². The molecule has 128 valence electrons. The molecule has 2 aromatic rings. The fourth-order valence-corrected chi connectivity index (χ4v) is 2.85. The molecular weight excluding hydrogens is 378 g/mol. The van der Waals surface area contributed by atoms with Gasteiger partial charge in [0.1, 0.15) is 12.5 Å². The summed E-state index contributed by atoms with van der Waals surface area (Å²) in [4.78, 5) is 24.3. The Balaban J connectivity index is 0.000000175. The number of nitro benzene ring substituents is 1. The fourth-order valence-electron chi connectivity index (χ4n) is 2.46. The SMILES string of the molecule is O=CCc1ccc(Br)c([N+](=O)[O-])c1.c1nc(C2CCNCC2)co1. The van der Waals surface area contributed by atoms with Crippen molar-refractivity contribution in [1.82, 2.24) is 10.3 Å². The van der Waals surface area contributed by atoms with E-state index in [1.807, 2.05) is 0 Å². The first-order chi connectivity index (χ1) is 11.6. The maximum Gasteiger partial charge on any atom is 0.283 e. The number of nitrogens with one attached hydrogen (secondary N) is 1. The second kappa shape index (κ2) is 9.29. The van der Waals surface area contributed by atoms with E-state index in [1.54, 1.807) is 18.4 Å². The molecule has 1 N–H and O–H groups in total. The van der Waals surface area contributed by atoms with Crippen LogP contribution in [0.5, 0.6) is 0 Å². The zero-order chi connectivity index (χ0) is 17.4. The number of aromatic nitrogens is 1. The molecule has 0 unspecified atom stereocenters. The van der Waals surface area contributed by atoms with Crippen molar-refractivity contribution in [3.63, 3.8) is 0 Å². The summed E-state index contributed by atoms with van der Waals surface area (Å²) in [6.45, 7) is 2.22. The van der Waals surface area contributed by atoms with E-state index in [0.29, 0.717) is 22.2 Å². The van der Waals surface area contributed by atoms with E-state index in [1.165, 1.54) is 25.3 Å². The van der Waals surface area contributed by atoms with Crippen molar-refractivity contribution >= 4 is 27.9 Å². The molecule has 24 heavy (non-hydrogen) atoms. The molecule has 0 aliphatic carbocycles. The number of oxazole rings is 1. The van der Waals surface area contributed by atoms with Crippen molar-refractivity contribution in [3.8, 4) is 0 Å². The summed E-state index contributed by atoms with van der Waals surface area (Å²) >= 11 is 3.05. The lowest BCUT2D eigenvalue weighted by Gasteiger charge is -2.19. The monoisotopic (exact) mass is 395 g/mol. The highest BCUT2D eigenvalue weighted by Gasteiger charge is 2.16. The third-order valence-corrected chi connectivity index (χ3v) is 4.41. The van der Waals surface area contributed by atoms with Crippen molar-refractivity contribution in [3.05, 3.63) is 56.7 Å². The molecule has 0 atom stereocenters. The Morgan fingerprint density at radius 3 is 2.75 bits per heavy atom. The molecule has 1 fully saturated rings. The number of nitro groups is 1. The lowest BCUT2D eigenvalue weighted by molar-refractivity contribution is -0.385. The Morgan fingerprint density at radius 2 is 2.17 bits per heavy atom. The van der Waals surface area contributed by atoms with Gasteiger partial charge < -0.3 is 14.5 Å². The minimum absolute atomic E-state index is 0.0145. The Hall–Kier alpha value is -2.06. The summed E-state index contributed by atoms with van der Waals surface area (Å²) in [7, 11) is 0. The maximum absolute atomic E-state index is 10.5. The van der Waals surface area contributed by atoms with Gasteiger partial charge in [-0.1, -0.05) is 6.07 Å². The summed E-state index contributed by atoms with van der Waals surface area (Å²) in [5.74, 6) is 0.620. The van der Waals surface area contributed by atoms with Gasteiger partial charge in [0.25, 0.3) is 5.69 Å². The predicted molar refractivity (Wildman–Crippen MR) is 91.9 cm³/mol. The summed E-state index contributed by atoms with van der Waals surface area (Å²) in [6, 6.07) is 4.63. The highest BCUT2D eigenvalue weighted by atomic mass is 79.9. The number of benzene rings is 1. The number of halogens is 1. The quantitative estimate of drug-likeness (QED) is 0.484. The van der Waals surface area contributed by atoms with Gasteiger partial charge >= 0.3 is 0 Å². The average Bonchev–Trinajstić information content (AvgIpc) is 3.13. The van der Waals surface area contributed by atoms with Gasteiger partial charge in [-0.25, -0.2) is 4.98 Å². The van der Waals surface area contributed by atoms with Crippen molar-refractivity contribution in [2.45, 2.75) is 25.2 Å². The smallest absolute Gasteiger partial charge is 0.283 e. The minimum Gasteiger partial charge on any atom is -0.451 e. The molecule has 1 aliphatic heterocycles. The number of hydrogen-bond acceptors (Lipinski definition) is 6. The van der Waals surface area contributed by atoms with E-state index in [9.17, 15) is 14.9 Å². The van der Waals surface area contributed by atoms with Gasteiger partial charge in [-0.05, 0) is 53.5 Å². The molecule has 0 saturated carbocycles. The molecule has 7 nitrogen and oxygen atoms in total. The van der Waals surface area contributed by atoms with E-state index < -0.39 is 4.92 Å². The zero-order valence-corrected chi connectivity index (χ0v) is 14.6. The Kier molecular flexibility index (Phi) is 7.07. The van der Waals surface area contributed by atoms with Crippen LogP contribution >= 0.6 is 15.9 Å². The van der Waals surface area contributed by atoms with Crippen LogP contribution in [0.25, 0.3) is 0 Å². The van der Waals surface area contributed by atoms with Crippen LogP contribution in [0.15, 0.2) is 39.7 Å². The summed E-state index contributed by atoms with van der Waals surface area (Å²) < 4.78 is 5.36. The molecule has 0 spiro atoms. The zero-order valence-electron chi connectivity index (χ0n) is 13.0. The van der Waals surface area contributed by atoms with Crippen LogP contribution in [0, 0.1) is 10.1 Å². The van der Waals surface area contributed by atoms with Crippen LogP contribution in [0.1, 0.15) is 30.0 Å². The second-order valence-electron chi connectivity index (χ2n) is 5.35. The number of piperidine rings is 1. The molecular formula is C16H18BrN3O4. The van der Waals surface area contributed by atoms with Crippen molar-refractivity contribution in [1.29, 1.82) is 0 Å². The third-order valence-electron chi connectivity index (χ3n) is 3.74. The van der Waals surface area contributed by atoms with E-state index in [0.717, 1.165) is 18.8 Å². The van der Waals surface area contributed by atoms with Gasteiger partial charge in [0.15, 0.2) is 6.39 Å². The van der Waals surface area contributed by atoms with Crippen LogP contribution in [-0.2, 0) is 11.2 Å². The van der Waals surface area contributed by atoms with E-state index in [4.69, 9.17) is 4.42 Å². The first-order valence-electron chi connectivity index (χ1n) is 7.57.